The van der Waals surface area contributed by atoms with Crippen LogP contribution in [0.25, 0.3) is 0 Å². The molecule has 0 amide bonds. The zero-order valence-electron chi connectivity index (χ0n) is 10.3. The van der Waals surface area contributed by atoms with Gasteiger partial charge in [-0.25, -0.2) is 0 Å². The largest absolute Gasteiger partial charge is 0.306 e. The Balaban J connectivity index is 4.05. The molecule has 1 unspecified atom stereocenters. The van der Waals surface area contributed by atoms with Crippen molar-refractivity contribution in [3.8, 4) is 0 Å². The summed E-state index contributed by atoms with van der Waals surface area (Å²) in [5.41, 5.74) is -0.350. The number of likely N-dealkylation sites (N-methyl/N-ethyl adjacent to an activating group) is 1. The quantitative estimate of drug-likeness (QED) is 0.683. The first kappa shape index (κ1) is 13.6. The van der Waals surface area contributed by atoms with E-state index >= 15 is 0 Å². The van der Waals surface area contributed by atoms with Crippen molar-refractivity contribution in [2.75, 3.05) is 6.54 Å². The SMILES string of the molecule is CCCC(C)CC(=O)C(C)(C)NCC. The summed E-state index contributed by atoms with van der Waals surface area (Å²) in [7, 11) is 0. The lowest BCUT2D eigenvalue weighted by Gasteiger charge is -2.25. The molecule has 0 spiro atoms. The van der Waals surface area contributed by atoms with Crippen molar-refractivity contribution in [2.45, 2.75) is 59.4 Å². The number of ketones is 1. The number of carbonyl (C=O) groups excluding carboxylic acids is 1. The molecule has 0 aromatic heterocycles. The highest BCUT2D eigenvalue weighted by Crippen LogP contribution is 2.15. The van der Waals surface area contributed by atoms with Crippen LogP contribution in [0.2, 0.25) is 0 Å². The first-order valence-electron chi connectivity index (χ1n) is 5.72. The highest BCUT2D eigenvalue weighted by molar-refractivity contribution is 5.87. The molecule has 0 aliphatic rings. The van der Waals surface area contributed by atoms with Crippen molar-refractivity contribution in [3.63, 3.8) is 0 Å². The maximum absolute atomic E-state index is 11.9. The van der Waals surface area contributed by atoms with Crippen LogP contribution in [0.15, 0.2) is 0 Å². The lowest BCUT2D eigenvalue weighted by atomic mass is 9.89. The summed E-state index contributed by atoms with van der Waals surface area (Å²) in [6, 6.07) is 0. The number of nitrogens with one attached hydrogen (secondary N) is 1. The topological polar surface area (TPSA) is 29.1 Å². The van der Waals surface area contributed by atoms with Crippen LogP contribution in [0, 0.1) is 5.92 Å². The third-order valence-corrected chi connectivity index (χ3v) is 2.63. The van der Waals surface area contributed by atoms with E-state index in [0.29, 0.717) is 18.1 Å². The van der Waals surface area contributed by atoms with E-state index in [9.17, 15) is 4.79 Å². The fraction of sp³-hybridized carbons (Fsp3) is 0.917. The summed E-state index contributed by atoms with van der Waals surface area (Å²) in [5.74, 6) is 0.853. The Hall–Kier alpha value is -0.370. The molecule has 0 saturated heterocycles. The number of hydrogen-bond acceptors (Lipinski definition) is 2. The Kier molecular flexibility index (Phi) is 6.01. The second kappa shape index (κ2) is 6.18. The standard InChI is InChI=1S/C12H25NO/c1-6-8-10(3)9-11(14)12(4,5)13-7-2/h10,13H,6-9H2,1-5H3. The van der Waals surface area contributed by atoms with E-state index in [1.807, 2.05) is 20.8 Å². The van der Waals surface area contributed by atoms with Crippen molar-refractivity contribution in [1.82, 2.24) is 5.32 Å². The first-order chi connectivity index (χ1) is 6.44. The third-order valence-electron chi connectivity index (χ3n) is 2.63. The van der Waals surface area contributed by atoms with Crippen molar-refractivity contribution in [2.24, 2.45) is 5.92 Å². The molecular formula is C12H25NO. The Bertz CT molecular complexity index is 175. The van der Waals surface area contributed by atoms with Gasteiger partial charge in [0.1, 0.15) is 0 Å². The molecular weight excluding hydrogens is 174 g/mol. The molecule has 0 heterocycles. The molecule has 0 aromatic rings. The zero-order chi connectivity index (χ0) is 11.2. The van der Waals surface area contributed by atoms with E-state index in [1.165, 1.54) is 0 Å². The van der Waals surface area contributed by atoms with Crippen molar-refractivity contribution in [1.29, 1.82) is 0 Å². The van der Waals surface area contributed by atoms with E-state index in [4.69, 9.17) is 0 Å². The second-order valence-corrected chi connectivity index (χ2v) is 4.68. The summed E-state index contributed by atoms with van der Waals surface area (Å²) in [6.45, 7) is 11.1. The molecule has 1 atom stereocenters. The van der Waals surface area contributed by atoms with Gasteiger partial charge in [-0.05, 0) is 26.3 Å². The minimum Gasteiger partial charge on any atom is -0.306 e. The average Bonchev–Trinajstić information content (AvgIpc) is 2.04. The molecule has 14 heavy (non-hydrogen) atoms. The Morgan fingerprint density at radius 1 is 1.36 bits per heavy atom. The van der Waals surface area contributed by atoms with Gasteiger partial charge in [0.15, 0.2) is 5.78 Å². The second-order valence-electron chi connectivity index (χ2n) is 4.68. The summed E-state index contributed by atoms with van der Waals surface area (Å²) in [5, 5.41) is 3.22. The molecule has 0 aliphatic heterocycles. The van der Waals surface area contributed by atoms with Gasteiger partial charge in [0.25, 0.3) is 0 Å². The van der Waals surface area contributed by atoms with Crippen LogP contribution in [-0.4, -0.2) is 17.9 Å². The van der Waals surface area contributed by atoms with Gasteiger partial charge < -0.3 is 5.32 Å². The Morgan fingerprint density at radius 3 is 2.36 bits per heavy atom. The van der Waals surface area contributed by atoms with Gasteiger partial charge >= 0.3 is 0 Å². The van der Waals surface area contributed by atoms with Gasteiger partial charge in [-0.1, -0.05) is 33.6 Å². The number of hydrogen-bond donors (Lipinski definition) is 1. The molecule has 0 radical (unpaired) electrons. The molecule has 0 aliphatic carbocycles. The molecule has 0 aromatic carbocycles. The van der Waals surface area contributed by atoms with Crippen LogP contribution in [0.4, 0.5) is 0 Å². The maximum Gasteiger partial charge on any atom is 0.152 e. The summed E-state index contributed by atoms with van der Waals surface area (Å²) < 4.78 is 0. The third kappa shape index (κ3) is 4.75. The first-order valence-corrected chi connectivity index (χ1v) is 5.72. The van der Waals surface area contributed by atoms with E-state index in [0.717, 1.165) is 19.4 Å². The van der Waals surface area contributed by atoms with E-state index in [2.05, 4.69) is 19.2 Å². The average molecular weight is 199 g/mol. The lowest BCUT2D eigenvalue weighted by Crippen LogP contribution is -2.47. The normalized spacial score (nSPS) is 14.1. The van der Waals surface area contributed by atoms with Gasteiger partial charge in [-0.3, -0.25) is 4.79 Å². The van der Waals surface area contributed by atoms with Crippen molar-refractivity contribution >= 4 is 5.78 Å². The van der Waals surface area contributed by atoms with Gasteiger partial charge in [0.2, 0.25) is 0 Å². The predicted molar refractivity (Wildman–Crippen MR) is 61.5 cm³/mol. The van der Waals surface area contributed by atoms with Crippen LogP contribution in [0.5, 0.6) is 0 Å². The van der Waals surface area contributed by atoms with Crippen LogP contribution in [-0.2, 0) is 4.79 Å². The smallest absolute Gasteiger partial charge is 0.152 e. The summed E-state index contributed by atoms with van der Waals surface area (Å²) >= 11 is 0. The lowest BCUT2D eigenvalue weighted by molar-refractivity contribution is -0.125. The molecule has 0 fully saturated rings. The number of carbonyl (C=O) groups is 1. The van der Waals surface area contributed by atoms with Gasteiger partial charge in [0.05, 0.1) is 5.54 Å². The Labute approximate surface area is 88.5 Å². The molecule has 0 saturated carbocycles. The van der Waals surface area contributed by atoms with Crippen LogP contribution in [0.3, 0.4) is 0 Å². The minimum absolute atomic E-state index is 0.334. The van der Waals surface area contributed by atoms with Crippen LogP contribution in [0.1, 0.15) is 53.9 Å². The zero-order valence-corrected chi connectivity index (χ0v) is 10.3. The van der Waals surface area contributed by atoms with Crippen molar-refractivity contribution < 1.29 is 4.79 Å². The monoisotopic (exact) mass is 199 g/mol. The highest BCUT2D eigenvalue weighted by Gasteiger charge is 2.26. The molecule has 1 N–H and O–H groups in total. The summed E-state index contributed by atoms with van der Waals surface area (Å²) in [6.07, 6.45) is 3.01. The van der Waals surface area contributed by atoms with Gasteiger partial charge in [-0.15, -0.1) is 0 Å². The molecule has 2 heteroatoms. The Morgan fingerprint density at radius 2 is 1.93 bits per heavy atom. The van der Waals surface area contributed by atoms with Gasteiger partial charge in [-0.2, -0.15) is 0 Å². The molecule has 2 nitrogen and oxygen atoms in total. The molecule has 84 valence electrons. The minimum atomic E-state index is -0.350. The predicted octanol–water partition coefficient (Wildman–Crippen LogP) is 2.77. The number of rotatable bonds is 7. The fourth-order valence-corrected chi connectivity index (χ4v) is 1.71. The van der Waals surface area contributed by atoms with Gasteiger partial charge in [0, 0.05) is 6.42 Å². The van der Waals surface area contributed by atoms with E-state index in [-0.39, 0.29) is 5.54 Å². The molecule has 0 rings (SSSR count). The van der Waals surface area contributed by atoms with E-state index in [1.54, 1.807) is 0 Å². The maximum atomic E-state index is 11.9. The highest BCUT2D eigenvalue weighted by atomic mass is 16.1. The van der Waals surface area contributed by atoms with Crippen LogP contribution < -0.4 is 5.32 Å². The molecule has 0 bridgehead atoms. The van der Waals surface area contributed by atoms with Crippen LogP contribution >= 0.6 is 0 Å². The number of Topliss-reactive ketones (excluding diaryl/α,β-unsaturated/α-hetero) is 1. The van der Waals surface area contributed by atoms with Crippen molar-refractivity contribution in [3.05, 3.63) is 0 Å². The summed E-state index contributed by atoms with van der Waals surface area (Å²) in [4.78, 5) is 11.9. The fourth-order valence-electron chi connectivity index (χ4n) is 1.71. The van der Waals surface area contributed by atoms with E-state index < -0.39 is 0 Å².